The van der Waals surface area contributed by atoms with Gasteiger partial charge in [-0.3, -0.25) is 4.79 Å². The third-order valence-electron chi connectivity index (χ3n) is 11.7. The van der Waals surface area contributed by atoms with Gasteiger partial charge in [-0.05, 0) is 107 Å². The average Bonchev–Trinajstić information content (AvgIpc) is 3.62. The highest BCUT2D eigenvalue weighted by Gasteiger charge is 2.57. The van der Waals surface area contributed by atoms with E-state index in [1.165, 1.54) is 38.5 Å². The van der Waals surface area contributed by atoms with Crippen LogP contribution in [0.4, 0.5) is 0 Å². The van der Waals surface area contributed by atoms with E-state index in [1.54, 1.807) is 0 Å². The van der Waals surface area contributed by atoms with Gasteiger partial charge >= 0.3 is 0 Å². The topological polar surface area (TPSA) is 143 Å². The van der Waals surface area contributed by atoms with E-state index in [0.717, 1.165) is 91.6 Å². The number of hydrogen-bond acceptors (Lipinski definition) is 6. The largest absolute Gasteiger partial charge is 0.390 e. The van der Waals surface area contributed by atoms with Crippen LogP contribution in [-0.4, -0.2) is 41.7 Å². The molecule has 6 saturated carbocycles. The fourth-order valence-electron chi connectivity index (χ4n) is 10.3. The molecule has 238 valence electrons. The molecule has 2 unspecified atom stereocenters. The average molecular weight is 610 g/mol. The Bertz CT molecular complexity index is 1600. The van der Waals surface area contributed by atoms with Crippen molar-refractivity contribution in [3.8, 4) is 12.1 Å². The van der Waals surface area contributed by atoms with E-state index in [0.29, 0.717) is 30.6 Å². The number of H-pyrrole nitrogens is 1. The molecule has 0 aromatic carbocycles. The van der Waals surface area contributed by atoms with Crippen molar-refractivity contribution in [2.24, 2.45) is 23.7 Å². The van der Waals surface area contributed by atoms with Gasteiger partial charge in [-0.2, -0.15) is 10.5 Å². The monoisotopic (exact) mass is 609 g/mol. The molecular formula is C36H47N7O2. The van der Waals surface area contributed by atoms with Gasteiger partial charge in [0.25, 0.3) is 0 Å². The molecule has 3 aromatic heterocycles. The zero-order valence-electron chi connectivity index (χ0n) is 26.4. The van der Waals surface area contributed by atoms with Gasteiger partial charge in [0.05, 0.1) is 35.9 Å². The number of fused-ring (bicyclic) bond motifs is 3. The molecular weight excluding hydrogens is 562 g/mol. The first-order valence-corrected chi connectivity index (χ1v) is 17.5. The van der Waals surface area contributed by atoms with E-state index in [4.69, 9.17) is 15.5 Å². The number of aromatic amines is 1. The third-order valence-corrected chi connectivity index (χ3v) is 11.7. The third kappa shape index (κ3) is 6.21. The quantitative estimate of drug-likeness (QED) is 0.281. The van der Waals surface area contributed by atoms with Crippen LogP contribution in [0.1, 0.15) is 121 Å². The molecule has 6 aliphatic rings. The summed E-state index contributed by atoms with van der Waals surface area (Å²) in [5.74, 6) is 3.06. The van der Waals surface area contributed by atoms with Crippen molar-refractivity contribution in [3.63, 3.8) is 0 Å². The second-order valence-corrected chi connectivity index (χ2v) is 15.2. The number of carbonyl (C=O) groups is 1. The van der Waals surface area contributed by atoms with Crippen molar-refractivity contribution >= 4 is 28.0 Å². The first-order valence-electron chi connectivity index (χ1n) is 17.5. The Morgan fingerprint density at radius 1 is 1.00 bits per heavy atom. The molecule has 0 spiro atoms. The number of pyridine rings is 1. The van der Waals surface area contributed by atoms with E-state index in [9.17, 15) is 9.90 Å². The van der Waals surface area contributed by atoms with Gasteiger partial charge in [0.2, 0.25) is 5.91 Å². The first-order chi connectivity index (χ1) is 21.9. The van der Waals surface area contributed by atoms with Crippen LogP contribution >= 0.6 is 0 Å². The van der Waals surface area contributed by atoms with Gasteiger partial charge in [-0.25, -0.2) is 9.97 Å². The zero-order valence-corrected chi connectivity index (χ0v) is 26.4. The molecule has 9 rings (SSSR count). The van der Waals surface area contributed by atoms with Gasteiger partial charge in [0.1, 0.15) is 17.0 Å². The van der Waals surface area contributed by atoms with Crippen LogP contribution < -0.4 is 5.32 Å². The zero-order chi connectivity index (χ0) is 31.0. The number of nitrogens with zero attached hydrogens (tertiary/aromatic N) is 5. The van der Waals surface area contributed by atoms with Crippen molar-refractivity contribution < 1.29 is 9.90 Å². The van der Waals surface area contributed by atoms with Crippen LogP contribution in [0.15, 0.2) is 18.5 Å². The van der Waals surface area contributed by atoms with Crippen molar-refractivity contribution in [1.82, 2.24) is 24.8 Å². The number of imidazole rings is 1. The first kappa shape index (κ1) is 30.2. The molecule has 6 fully saturated rings. The van der Waals surface area contributed by atoms with E-state index < -0.39 is 5.60 Å². The van der Waals surface area contributed by atoms with Crippen molar-refractivity contribution in [2.75, 3.05) is 0 Å². The van der Waals surface area contributed by atoms with Crippen LogP contribution in [-0.2, 0) is 11.2 Å². The normalized spacial score (nSPS) is 32.5. The van der Waals surface area contributed by atoms with Crippen molar-refractivity contribution in [3.05, 3.63) is 24.3 Å². The standard InChI is InChI=1S/C28H34N6O2.C8H13N/c29-7-5-17-1-3-20(4-2-17)34-23(32-22-15-31-26-21(25(22)34)6-8-30-26)10-24(35)33-27-11-18-9-19(12-27)14-28(36,13-18)16-27;9-7-6-8-4-2-1-3-5-8/h6,8,15,17-20,36H,1-5,9-14,16H2,(H,30,31)(H,33,35);8H,1-6H2. The number of amides is 1. The second kappa shape index (κ2) is 12.4. The highest BCUT2D eigenvalue weighted by atomic mass is 16.3. The minimum Gasteiger partial charge on any atom is -0.390 e. The number of hydrogen-bond donors (Lipinski definition) is 3. The number of aromatic nitrogens is 4. The van der Waals surface area contributed by atoms with Crippen LogP contribution in [0.2, 0.25) is 0 Å². The fraction of sp³-hybridized carbons (Fsp3) is 0.694. The molecule has 1 amide bonds. The number of nitriles is 2. The maximum Gasteiger partial charge on any atom is 0.228 e. The van der Waals surface area contributed by atoms with Crippen LogP contribution in [0.3, 0.4) is 0 Å². The van der Waals surface area contributed by atoms with Crippen molar-refractivity contribution in [1.29, 1.82) is 10.5 Å². The smallest absolute Gasteiger partial charge is 0.228 e. The summed E-state index contributed by atoms with van der Waals surface area (Å²) in [6.07, 6.45) is 21.7. The summed E-state index contributed by atoms with van der Waals surface area (Å²) in [6.45, 7) is 0. The Balaban J connectivity index is 0.000000313. The van der Waals surface area contributed by atoms with Gasteiger partial charge in [-0.1, -0.05) is 19.3 Å². The lowest BCUT2D eigenvalue weighted by Gasteiger charge is -2.60. The Morgan fingerprint density at radius 2 is 1.69 bits per heavy atom. The lowest BCUT2D eigenvalue weighted by molar-refractivity contribution is -0.150. The molecule has 4 bridgehead atoms. The van der Waals surface area contributed by atoms with Crippen LogP contribution in [0.5, 0.6) is 0 Å². The number of carbonyl (C=O) groups excluding carboxylic acids is 1. The molecule has 0 aliphatic heterocycles. The predicted molar refractivity (Wildman–Crippen MR) is 172 cm³/mol. The molecule has 6 aliphatic carbocycles. The number of nitrogens with one attached hydrogen (secondary N) is 2. The van der Waals surface area contributed by atoms with Crippen LogP contribution in [0, 0.1) is 46.3 Å². The van der Waals surface area contributed by atoms with Gasteiger partial charge < -0.3 is 20.0 Å². The predicted octanol–water partition coefficient (Wildman–Crippen LogP) is 6.78. The summed E-state index contributed by atoms with van der Waals surface area (Å²) in [7, 11) is 0. The highest BCUT2D eigenvalue weighted by Crippen LogP contribution is 2.57. The van der Waals surface area contributed by atoms with E-state index in [1.807, 2.05) is 18.5 Å². The fourth-order valence-corrected chi connectivity index (χ4v) is 10.3. The van der Waals surface area contributed by atoms with Gasteiger partial charge in [0.15, 0.2) is 0 Å². The van der Waals surface area contributed by atoms with Gasteiger partial charge in [-0.15, -0.1) is 0 Å². The molecule has 45 heavy (non-hydrogen) atoms. The summed E-state index contributed by atoms with van der Waals surface area (Å²) < 4.78 is 2.31. The summed E-state index contributed by atoms with van der Waals surface area (Å²) in [5, 5.41) is 33.1. The number of rotatable bonds is 6. The van der Waals surface area contributed by atoms with E-state index >= 15 is 0 Å². The molecule has 2 atom stereocenters. The van der Waals surface area contributed by atoms with E-state index in [-0.39, 0.29) is 23.9 Å². The molecule has 3 N–H and O–H groups in total. The van der Waals surface area contributed by atoms with E-state index in [2.05, 4.69) is 32.0 Å². The maximum absolute atomic E-state index is 13.6. The molecule has 0 radical (unpaired) electrons. The summed E-state index contributed by atoms with van der Waals surface area (Å²) in [4.78, 5) is 26.3. The second-order valence-electron chi connectivity index (χ2n) is 15.2. The summed E-state index contributed by atoms with van der Waals surface area (Å²) >= 11 is 0. The highest BCUT2D eigenvalue weighted by molar-refractivity contribution is 6.01. The Morgan fingerprint density at radius 3 is 2.36 bits per heavy atom. The number of aliphatic hydroxyl groups is 1. The lowest BCUT2D eigenvalue weighted by atomic mass is 9.51. The Labute approximate surface area is 265 Å². The SMILES string of the molecule is N#CCC1CCC(n2c(CC(=O)NC34CC5CC(CC(O)(C5)C3)C4)nc3cnc4[nH]ccc4c32)CC1.N#CCC1CCCCC1. The Kier molecular flexibility index (Phi) is 8.33. The lowest BCUT2D eigenvalue weighted by Crippen LogP contribution is -2.65. The molecule has 3 aromatic rings. The summed E-state index contributed by atoms with van der Waals surface area (Å²) in [6, 6.07) is 6.88. The molecule has 3 heterocycles. The molecule has 9 nitrogen and oxygen atoms in total. The minimum atomic E-state index is -0.599. The maximum atomic E-state index is 13.6. The minimum absolute atomic E-state index is 0.00791. The molecule has 0 saturated heterocycles. The summed E-state index contributed by atoms with van der Waals surface area (Å²) in [5.41, 5.74) is 1.85. The van der Waals surface area contributed by atoms with Gasteiger partial charge in [0, 0.05) is 36.0 Å². The van der Waals surface area contributed by atoms with Crippen LogP contribution in [0.25, 0.3) is 22.1 Å². The van der Waals surface area contributed by atoms with Crippen molar-refractivity contribution in [2.45, 2.75) is 133 Å². The Hall–Kier alpha value is -3.43. The molecule has 9 heteroatoms.